The van der Waals surface area contributed by atoms with Crippen LogP contribution in [0.4, 0.5) is 4.39 Å². The molecule has 11 nitrogen and oxygen atoms in total. The molecule has 2 N–H and O–H groups in total. The highest BCUT2D eigenvalue weighted by molar-refractivity contribution is 6.31. The largest absolute Gasteiger partial charge is 0.345 e. The molecule has 0 aliphatic carbocycles. The van der Waals surface area contributed by atoms with E-state index in [9.17, 15) is 4.79 Å². The van der Waals surface area contributed by atoms with E-state index in [2.05, 4.69) is 40.4 Å². The number of nitrogens with zero attached hydrogens (tertiary/aromatic N) is 8. The molecule has 2 atom stereocenters. The minimum Gasteiger partial charge on any atom is -0.345 e. The van der Waals surface area contributed by atoms with Gasteiger partial charge < -0.3 is 14.9 Å². The fraction of sp³-hybridized carbons (Fsp3) is 0.208. The van der Waals surface area contributed by atoms with E-state index < -0.39 is 5.82 Å². The monoisotopic (exact) mass is 516 g/mol. The third kappa shape index (κ3) is 3.44. The van der Waals surface area contributed by atoms with Crippen molar-refractivity contribution in [1.29, 1.82) is 0 Å². The summed E-state index contributed by atoms with van der Waals surface area (Å²) in [6, 6.07) is 2.78. The molecule has 37 heavy (non-hydrogen) atoms. The Balaban J connectivity index is 1.22. The van der Waals surface area contributed by atoms with E-state index in [1.165, 1.54) is 29.5 Å². The number of rotatable bonds is 4. The highest BCUT2D eigenvalue weighted by atomic mass is 35.5. The number of nitrogens with one attached hydrogen (secondary N) is 2. The highest BCUT2D eigenvalue weighted by Gasteiger charge is 2.42. The molecule has 0 bridgehead atoms. The van der Waals surface area contributed by atoms with Gasteiger partial charge in [0.1, 0.15) is 24.1 Å². The van der Waals surface area contributed by atoms with Gasteiger partial charge in [0.2, 0.25) is 5.91 Å². The lowest BCUT2D eigenvalue weighted by molar-refractivity contribution is -0.129. The number of amides is 1. The molecule has 0 spiro atoms. The number of carbonyl (C=O) groups excluding carboxylic acids is 1. The molecule has 0 radical (unpaired) electrons. The first-order valence-corrected chi connectivity index (χ1v) is 12.0. The summed E-state index contributed by atoms with van der Waals surface area (Å²) in [4.78, 5) is 34.7. The van der Waals surface area contributed by atoms with Gasteiger partial charge in [-0.1, -0.05) is 11.6 Å². The van der Waals surface area contributed by atoms with E-state index in [0.29, 0.717) is 23.5 Å². The molecule has 1 aromatic carbocycles. The summed E-state index contributed by atoms with van der Waals surface area (Å²) in [5.74, 6) is -0.0958. The minimum absolute atomic E-state index is 0.0299. The van der Waals surface area contributed by atoms with Crippen LogP contribution in [0.1, 0.15) is 36.7 Å². The second kappa shape index (κ2) is 8.30. The third-order valence-electron chi connectivity index (χ3n) is 7.06. The summed E-state index contributed by atoms with van der Waals surface area (Å²) < 4.78 is 16.7. The Hall–Kier alpha value is -4.45. The normalized spacial score (nSPS) is 19.5. The predicted molar refractivity (Wildman–Crippen MR) is 131 cm³/mol. The molecule has 1 saturated heterocycles. The zero-order valence-electron chi connectivity index (χ0n) is 19.1. The van der Waals surface area contributed by atoms with E-state index >= 15 is 4.39 Å². The van der Waals surface area contributed by atoms with Gasteiger partial charge >= 0.3 is 0 Å². The average Bonchev–Trinajstić information content (AvgIpc) is 3.71. The van der Waals surface area contributed by atoms with Gasteiger partial charge in [0.05, 0.1) is 28.6 Å². The van der Waals surface area contributed by atoms with E-state index in [0.717, 1.165) is 35.1 Å². The van der Waals surface area contributed by atoms with Gasteiger partial charge in [0, 0.05) is 41.0 Å². The summed E-state index contributed by atoms with van der Waals surface area (Å²) in [6.45, 7) is 0. The van der Waals surface area contributed by atoms with Crippen LogP contribution >= 0.6 is 11.6 Å². The number of halogens is 2. The topological polar surface area (TPSA) is 134 Å². The van der Waals surface area contributed by atoms with Gasteiger partial charge in [-0.05, 0) is 47.4 Å². The quantitative estimate of drug-likeness (QED) is 0.372. The maximum absolute atomic E-state index is 15.3. The van der Waals surface area contributed by atoms with Crippen LogP contribution in [0, 0.1) is 5.82 Å². The van der Waals surface area contributed by atoms with Crippen molar-refractivity contribution in [3.63, 3.8) is 0 Å². The van der Waals surface area contributed by atoms with Crippen LogP contribution in [-0.2, 0) is 4.79 Å². The van der Waals surface area contributed by atoms with Gasteiger partial charge in [-0.3, -0.25) is 4.79 Å². The van der Waals surface area contributed by atoms with Gasteiger partial charge in [-0.2, -0.15) is 4.68 Å². The smallest absolute Gasteiger partial charge is 0.247 e. The van der Waals surface area contributed by atoms with Crippen LogP contribution in [0.25, 0.3) is 33.6 Å². The second-order valence-electron chi connectivity index (χ2n) is 9.05. The molecule has 1 amide bonds. The van der Waals surface area contributed by atoms with Crippen molar-refractivity contribution in [2.45, 2.75) is 31.3 Å². The number of aromatic amines is 2. The summed E-state index contributed by atoms with van der Waals surface area (Å²) in [5.41, 5.74) is 3.68. The summed E-state index contributed by atoms with van der Waals surface area (Å²) in [6.07, 6.45) is 11.7. The van der Waals surface area contributed by atoms with E-state index in [4.69, 9.17) is 11.6 Å². The van der Waals surface area contributed by atoms with Gasteiger partial charge in [0.15, 0.2) is 5.82 Å². The zero-order chi connectivity index (χ0) is 25.1. The number of aromatic nitrogens is 9. The number of H-pyrrole nitrogens is 2. The number of hydrogen-bond donors (Lipinski definition) is 2. The Morgan fingerprint density at radius 3 is 2.95 bits per heavy atom. The van der Waals surface area contributed by atoms with Crippen molar-refractivity contribution in [3.05, 3.63) is 71.7 Å². The van der Waals surface area contributed by atoms with Gasteiger partial charge in [-0.25, -0.2) is 19.3 Å². The van der Waals surface area contributed by atoms with Crippen LogP contribution in [0.2, 0.25) is 5.02 Å². The molecular weight excluding hydrogens is 499 g/mol. The van der Waals surface area contributed by atoms with Crippen LogP contribution in [-0.4, -0.2) is 62.0 Å². The van der Waals surface area contributed by atoms with Crippen molar-refractivity contribution in [2.75, 3.05) is 0 Å². The Kier molecular flexibility index (Phi) is 4.89. The summed E-state index contributed by atoms with van der Waals surface area (Å²) in [5, 5.41) is 12.0. The lowest BCUT2D eigenvalue weighted by Gasteiger charge is -2.33. The second-order valence-corrected chi connectivity index (χ2v) is 9.45. The van der Waals surface area contributed by atoms with Crippen molar-refractivity contribution in [1.82, 2.24) is 50.0 Å². The van der Waals surface area contributed by atoms with E-state index in [1.807, 2.05) is 11.1 Å². The Bertz CT molecular complexity index is 1690. The Morgan fingerprint density at radius 2 is 2.08 bits per heavy atom. The summed E-state index contributed by atoms with van der Waals surface area (Å²) in [7, 11) is 0. The third-order valence-corrected chi connectivity index (χ3v) is 7.35. The van der Waals surface area contributed by atoms with Crippen molar-refractivity contribution >= 4 is 34.1 Å². The molecule has 2 aliphatic rings. The first-order valence-electron chi connectivity index (χ1n) is 11.7. The number of hydrogen-bond acceptors (Lipinski definition) is 7. The average molecular weight is 517 g/mol. The Labute approximate surface area is 213 Å². The fourth-order valence-electron chi connectivity index (χ4n) is 5.43. The van der Waals surface area contributed by atoms with Gasteiger partial charge in [-0.15, -0.1) is 5.10 Å². The Morgan fingerprint density at radius 1 is 1.16 bits per heavy atom. The lowest BCUT2D eigenvalue weighted by Crippen LogP contribution is -2.39. The number of carbonyl (C=O) groups is 1. The minimum atomic E-state index is -0.602. The molecule has 2 aliphatic heterocycles. The first kappa shape index (κ1) is 21.8. The van der Waals surface area contributed by atoms with Gasteiger partial charge in [0.25, 0.3) is 0 Å². The molecular formula is C24H18ClFN10O. The van der Waals surface area contributed by atoms with Crippen LogP contribution < -0.4 is 0 Å². The van der Waals surface area contributed by atoms with Crippen LogP contribution in [0.15, 0.2) is 49.5 Å². The molecule has 7 rings (SSSR count). The molecule has 4 aromatic heterocycles. The molecule has 184 valence electrons. The number of fused-ring (bicyclic) bond motifs is 2. The van der Waals surface area contributed by atoms with Crippen molar-refractivity contribution < 1.29 is 9.18 Å². The van der Waals surface area contributed by atoms with Crippen LogP contribution in [0.5, 0.6) is 0 Å². The maximum atomic E-state index is 15.3. The standard InChI is InChI=1S/C24H18ClFN10O/c25-16-2-4-18(35-11-31-33-34-35)21(22(16)26)12-5-13-1-3-19(36(13)20(37)6-12)24-29-9-17(32-24)14-8-28-23-15(14)7-27-10-30-23/h2,4,6-11,13,19H,1,3,5H2,(H,29,32)(H,27,28,30)/t13-,19+/m1/s1. The fourth-order valence-corrected chi connectivity index (χ4v) is 5.59. The maximum Gasteiger partial charge on any atom is 0.247 e. The highest BCUT2D eigenvalue weighted by Crippen LogP contribution is 2.44. The number of tetrazole rings is 1. The molecule has 6 heterocycles. The summed E-state index contributed by atoms with van der Waals surface area (Å²) >= 11 is 6.12. The van der Waals surface area contributed by atoms with Crippen LogP contribution in [0.3, 0.4) is 0 Å². The van der Waals surface area contributed by atoms with E-state index in [1.54, 1.807) is 18.5 Å². The predicted octanol–water partition coefficient (Wildman–Crippen LogP) is 3.64. The zero-order valence-corrected chi connectivity index (χ0v) is 19.9. The molecule has 1 fully saturated rings. The van der Waals surface area contributed by atoms with Crippen molar-refractivity contribution in [3.8, 4) is 16.9 Å². The lowest BCUT2D eigenvalue weighted by atomic mass is 9.92. The first-order chi connectivity index (χ1) is 18.1. The molecule has 0 unspecified atom stereocenters. The van der Waals surface area contributed by atoms with Crippen molar-refractivity contribution in [2.24, 2.45) is 0 Å². The molecule has 5 aromatic rings. The number of imidazole rings is 1. The van der Waals surface area contributed by atoms with E-state index in [-0.39, 0.29) is 28.6 Å². The molecule has 13 heteroatoms. The molecule has 0 saturated carbocycles. The SMILES string of the molecule is O=C1C=C(c2c(-n3cnnn3)ccc(Cl)c2F)C[C@H]2CC[C@@H](c3ncc(-c4c[nH]c5ncncc45)[nH]3)N12. The number of benzene rings is 1.